The van der Waals surface area contributed by atoms with Crippen molar-refractivity contribution in [3.05, 3.63) is 71.8 Å². The molecule has 0 unspecified atom stereocenters. The van der Waals surface area contributed by atoms with E-state index in [1.165, 1.54) is 0 Å². The molecule has 0 amide bonds. The van der Waals surface area contributed by atoms with Crippen molar-refractivity contribution in [3.8, 4) is 0 Å². The van der Waals surface area contributed by atoms with Gasteiger partial charge in [0.25, 0.3) is 0 Å². The van der Waals surface area contributed by atoms with E-state index < -0.39 is 11.8 Å². The van der Waals surface area contributed by atoms with E-state index in [9.17, 15) is 9.59 Å². The summed E-state index contributed by atoms with van der Waals surface area (Å²) in [4.78, 5) is 25.4. The van der Waals surface area contributed by atoms with Gasteiger partial charge in [-0.3, -0.25) is 9.59 Å². The molecule has 0 N–H and O–H groups in total. The van der Waals surface area contributed by atoms with E-state index >= 15 is 0 Å². The highest BCUT2D eigenvalue weighted by molar-refractivity contribution is 5.87. The number of hydrogen-bond acceptors (Lipinski definition) is 4. The van der Waals surface area contributed by atoms with Crippen LogP contribution < -0.4 is 0 Å². The third kappa shape index (κ3) is 3.36. The van der Waals surface area contributed by atoms with Gasteiger partial charge in [-0.05, 0) is 25.0 Å². The molecular weight excluding hydrogens is 328 g/mol. The molecule has 0 radical (unpaired) electrons. The van der Waals surface area contributed by atoms with Crippen LogP contribution in [0.3, 0.4) is 0 Å². The highest BCUT2D eigenvalue weighted by Crippen LogP contribution is 2.58. The summed E-state index contributed by atoms with van der Waals surface area (Å²) in [6, 6.07) is 19.7. The van der Waals surface area contributed by atoms with E-state index in [4.69, 9.17) is 9.47 Å². The molecule has 0 heterocycles. The Morgan fingerprint density at radius 3 is 1.35 bits per heavy atom. The summed E-state index contributed by atoms with van der Waals surface area (Å²) >= 11 is 0. The molecule has 0 aromatic heterocycles. The summed E-state index contributed by atoms with van der Waals surface area (Å²) < 4.78 is 10.6. The van der Waals surface area contributed by atoms with Crippen LogP contribution in [-0.4, -0.2) is 25.2 Å². The molecule has 1 aliphatic carbocycles. The van der Waals surface area contributed by atoms with Crippen molar-refractivity contribution in [2.24, 2.45) is 11.8 Å². The standard InChI is InChI=1S/C22H24O4/c1-3-25-21(23)19-17(15-11-7-5-8-12-15)18(16-13-9-6-10-14-16)20(19)22(24)26-4-2/h5-14,17-20H,3-4H2,1-2H3/t17-,18-,19-,20+/m1/s1. The third-order valence-electron chi connectivity index (χ3n) is 5.03. The van der Waals surface area contributed by atoms with Gasteiger partial charge >= 0.3 is 11.9 Å². The predicted molar refractivity (Wildman–Crippen MR) is 98.6 cm³/mol. The summed E-state index contributed by atoms with van der Waals surface area (Å²) in [6.07, 6.45) is 0. The van der Waals surface area contributed by atoms with E-state index in [0.29, 0.717) is 13.2 Å². The maximum absolute atomic E-state index is 12.7. The Kier molecular flexibility index (Phi) is 5.71. The SMILES string of the molecule is CCOC(=O)[C@@H]1[C@H](C(=O)OCC)[C@H](c2ccccc2)[C@H]1c1ccccc1. The van der Waals surface area contributed by atoms with Crippen LogP contribution in [0.25, 0.3) is 0 Å². The summed E-state index contributed by atoms with van der Waals surface area (Å²) in [7, 11) is 0. The largest absolute Gasteiger partial charge is 0.466 e. The Labute approximate surface area is 154 Å². The monoisotopic (exact) mass is 352 g/mol. The molecule has 1 aliphatic rings. The molecule has 0 bridgehead atoms. The minimum absolute atomic E-state index is 0.105. The number of benzene rings is 2. The number of hydrogen-bond donors (Lipinski definition) is 0. The summed E-state index contributed by atoms with van der Waals surface area (Å²) in [5, 5.41) is 0. The molecule has 1 saturated carbocycles. The third-order valence-corrected chi connectivity index (χ3v) is 5.03. The molecule has 0 spiro atoms. The van der Waals surface area contributed by atoms with Gasteiger partial charge in [-0.2, -0.15) is 0 Å². The number of rotatable bonds is 6. The second-order valence-corrected chi connectivity index (χ2v) is 6.43. The van der Waals surface area contributed by atoms with Crippen molar-refractivity contribution in [2.75, 3.05) is 13.2 Å². The first-order chi connectivity index (χ1) is 12.7. The van der Waals surface area contributed by atoms with Gasteiger partial charge in [-0.1, -0.05) is 60.7 Å². The van der Waals surface area contributed by atoms with E-state index in [0.717, 1.165) is 11.1 Å². The number of carbonyl (C=O) groups excluding carboxylic acids is 2. The molecule has 2 aromatic rings. The van der Waals surface area contributed by atoms with Crippen LogP contribution in [0.2, 0.25) is 0 Å². The molecule has 2 aromatic carbocycles. The lowest BCUT2D eigenvalue weighted by Crippen LogP contribution is -2.52. The number of ether oxygens (including phenoxy) is 2. The van der Waals surface area contributed by atoms with E-state index in [2.05, 4.69) is 0 Å². The quantitative estimate of drug-likeness (QED) is 0.739. The minimum atomic E-state index is -0.526. The highest BCUT2D eigenvalue weighted by Gasteiger charge is 2.59. The molecule has 0 saturated heterocycles. The van der Waals surface area contributed by atoms with Gasteiger partial charge in [-0.15, -0.1) is 0 Å². The average Bonchev–Trinajstić information content (AvgIpc) is 2.63. The second-order valence-electron chi connectivity index (χ2n) is 6.43. The fraction of sp³-hybridized carbons (Fsp3) is 0.364. The zero-order chi connectivity index (χ0) is 18.5. The van der Waals surface area contributed by atoms with Gasteiger partial charge < -0.3 is 9.47 Å². The molecule has 4 heteroatoms. The summed E-state index contributed by atoms with van der Waals surface area (Å²) in [5.74, 6) is -1.92. The average molecular weight is 352 g/mol. The molecular formula is C22H24O4. The fourth-order valence-electron chi connectivity index (χ4n) is 3.99. The van der Waals surface area contributed by atoms with Crippen molar-refractivity contribution >= 4 is 11.9 Å². The molecule has 3 rings (SSSR count). The van der Waals surface area contributed by atoms with Crippen LogP contribution in [0.4, 0.5) is 0 Å². The van der Waals surface area contributed by atoms with Crippen LogP contribution in [0.1, 0.15) is 36.8 Å². The molecule has 0 aliphatic heterocycles. The normalized spacial score (nSPS) is 24.4. The first-order valence-electron chi connectivity index (χ1n) is 9.12. The lowest BCUT2D eigenvalue weighted by Gasteiger charge is -2.49. The number of esters is 2. The highest BCUT2D eigenvalue weighted by atomic mass is 16.5. The lowest BCUT2D eigenvalue weighted by atomic mass is 9.52. The Morgan fingerprint density at radius 2 is 1.04 bits per heavy atom. The first kappa shape index (κ1) is 18.2. The van der Waals surface area contributed by atoms with E-state index in [-0.39, 0.29) is 23.8 Å². The van der Waals surface area contributed by atoms with Crippen LogP contribution in [0.15, 0.2) is 60.7 Å². The van der Waals surface area contributed by atoms with Gasteiger partial charge in [0.2, 0.25) is 0 Å². The van der Waals surface area contributed by atoms with Crippen LogP contribution in [0, 0.1) is 11.8 Å². The van der Waals surface area contributed by atoms with Gasteiger partial charge in [0.15, 0.2) is 0 Å². The minimum Gasteiger partial charge on any atom is -0.466 e. The zero-order valence-corrected chi connectivity index (χ0v) is 15.1. The molecule has 26 heavy (non-hydrogen) atoms. The fourth-order valence-corrected chi connectivity index (χ4v) is 3.99. The Hall–Kier alpha value is -2.62. The smallest absolute Gasteiger partial charge is 0.310 e. The Balaban J connectivity index is 2.04. The predicted octanol–water partition coefficient (Wildman–Crippen LogP) is 3.93. The summed E-state index contributed by atoms with van der Waals surface area (Å²) in [6.45, 7) is 4.15. The lowest BCUT2D eigenvalue weighted by molar-refractivity contribution is -0.171. The van der Waals surface area contributed by atoms with Crippen LogP contribution >= 0.6 is 0 Å². The van der Waals surface area contributed by atoms with E-state index in [1.54, 1.807) is 13.8 Å². The van der Waals surface area contributed by atoms with E-state index in [1.807, 2.05) is 60.7 Å². The second kappa shape index (κ2) is 8.17. The zero-order valence-electron chi connectivity index (χ0n) is 15.1. The topological polar surface area (TPSA) is 52.6 Å². The van der Waals surface area contributed by atoms with Crippen molar-refractivity contribution < 1.29 is 19.1 Å². The van der Waals surface area contributed by atoms with Crippen LogP contribution in [0.5, 0.6) is 0 Å². The van der Waals surface area contributed by atoms with Crippen molar-refractivity contribution in [1.29, 1.82) is 0 Å². The van der Waals surface area contributed by atoms with Gasteiger partial charge in [0.05, 0.1) is 25.0 Å². The van der Waals surface area contributed by atoms with Crippen molar-refractivity contribution in [1.82, 2.24) is 0 Å². The van der Waals surface area contributed by atoms with Crippen molar-refractivity contribution in [2.45, 2.75) is 25.7 Å². The van der Waals surface area contributed by atoms with Crippen LogP contribution in [-0.2, 0) is 19.1 Å². The molecule has 136 valence electrons. The van der Waals surface area contributed by atoms with Gasteiger partial charge in [0, 0.05) is 11.8 Å². The molecule has 4 nitrogen and oxygen atoms in total. The van der Waals surface area contributed by atoms with Gasteiger partial charge in [0.1, 0.15) is 0 Å². The first-order valence-corrected chi connectivity index (χ1v) is 9.12. The Bertz CT molecular complexity index is 676. The summed E-state index contributed by atoms with van der Waals surface area (Å²) in [5.41, 5.74) is 2.08. The Morgan fingerprint density at radius 1 is 0.692 bits per heavy atom. The maximum Gasteiger partial charge on any atom is 0.310 e. The van der Waals surface area contributed by atoms with Crippen molar-refractivity contribution in [3.63, 3.8) is 0 Å². The number of carbonyl (C=O) groups is 2. The molecule has 1 fully saturated rings. The maximum atomic E-state index is 12.7. The van der Waals surface area contributed by atoms with Gasteiger partial charge in [-0.25, -0.2) is 0 Å². The molecule has 4 atom stereocenters.